The molecule has 1 aromatic rings. The van der Waals surface area contributed by atoms with E-state index in [2.05, 4.69) is 198 Å². The lowest BCUT2D eigenvalue weighted by Gasteiger charge is -2.48. The zero-order chi connectivity index (χ0) is 87.8. The quantitative estimate of drug-likeness (QED) is 0.0107. The molecule has 6 saturated heterocycles. The minimum Gasteiger partial charge on any atom is -0.462 e. The van der Waals surface area contributed by atoms with Crippen LogP contribution >= 0.6 is 0 Å². The summed E-state index contributed by atoms with van der Waals surface area (Å²) in [6.45, 7) is 54.6. The highest BCUT2D eigenvalue weighted by Gasteiger charge is 2.56. The van der Waals surface area contributed by atoms with E-state index in [1.54, 1.807) is 0 Å². The first-order valence-corrected chi connectivity index (χ1v) is 44.4. The minimum absolute atomic E-state index is 0.0000967. The van der Waals surface area contributed by atoms with Crippen LogP contribution in [0.1, 0.15) is 391 Å². The number of carbonyl (C=O) groups excluding carboxylic acids is 8. The average Bonchev–Trinajstić information content (AvgIpc) is 0.780. The van der Waals surface area contributed by atoms with Crippen LogP contribution in [0.25, 0.3) is 0 Å². The Hall–Kier alpha value is -5.34. The predicted molar refractivity (Wildman–Crippen MR) is 454 cm³/mol. The fraction of sp³-hybridized carbons (Fsp3) is 0.849. The second kappa shape index (κ2) is 38.2. The second-order valence-corrected chi connectivity index (χ2v) is 44.2. The highest BCUT2D eigenvalue weighted by atomic mass is 16.6. The maximum atomic E-state index is 15.3. The van der Waals surface area contributed by atoms with Crippen LogP contribution < -0.4 is 31.9 Å². The van der Waals surface area contributed by atoms with Gasteiger partial charge in [0, 0.05) is 131 Å². The van der Waals surface area contributed by atoms with Crippen LogP contribution in [0.4, 0.5) is 0 Å². The number of esters is 8. The number of aliphatic hydroxyl groups excluding tert-OH is 1. The third-order valence-corrected chi connectivity index (χ3v) is 24.5. The summed E-state index contributed by atoms with van der Waals surface area (Å²) in [5.41, 5.74) is -10.5. The van der Waals surface area contributed by atoms with Crippen LogP contribution in [0, 0.1) is 16.2 Å². The smallest absolute Gasteiger partial charge is 0.338 e. The number of hydrogen-bond donors (Lipinski definition) is 7. The summed E-state index contributed by atoms with van der Waals surface area (Å²) in [5, 5.41) is 34.6. The Kier molecular flexibility index (Phi) is 32.2. The minimum atomic E-state index is -1.79. The van der Waals surface area contributed by atoms with Crippen molar-refractivity contribution >= 4 is 47.8 Å². The number of unbranched alkanes of at least 4 members (excludes halogenated alkanes) is 3. The van der Waals surface area contributed by atoms with Crippen molar-refractivity contribution < 1.29 is 86.1 Å². The average molecular weight is 1650 g/mol. The van der Waals surface area contributed by atoms with Gasteiger partial charge in [0.1, 0.15) is 35.9 Å². The fourth-order valence-electron chi connectivity index (χ4n) is 21.7. The number of benzene rings is 1. The van der Waals surface area contributed by atoms with Crippen molar-refractivity contribution in [1.29, 1.82) is 0 Å². The first kappa shape index (κ1) is 98.8. The van der Waals surface area contributed by atoms with E-state index in [1.807, 2.05) is 20.8 Å². The molecular weight excluding hydrogens is 1490 g/mol. The van der Waals surface area contributed by atoms with E-state index >= 15 is 24.0 Å². The molecule has 0 bridgehead atoms. The molecule has 6 aliphatic rings. The fourth-order valence-corrected chi connectivity index (χ4v) is 21.7. The molecule has 0 spiro atoms. The van der Waals surface area contributed by atoms with Crippen molar-refractivity contribution in [3.63, 3.8) is 0 Å². The van der Waals surface area contributed by atoms with Crippen molar-refractivity contribution in [2.24, 2.45) is 16.2 Å². The van der Waals surface area contributed by atoms with Gasteiger partial charge < -0.3 is 79.6 Å². The monoisotopic (exact) mass is 1650 g/mol. The Balaban J connectivity index is 1.21. The first-order chi connectivity index (χ1) is 53.6. The number of piperidine rings is 6. The molecule has 668 valence electrons. The van der Waals surface area contributed by atoms with Crippen molar-refractivity contribution in [1.82, 2.24) is 31.9 Å². The Morgan fingerprint density at radius 3 is 0.726 bits per heavy atom. The van der Waals surface area contributed by atoms with Crippen LogP contribution in [0.15, 0.2) is 18.2 Å². The number of nitrogens with one attached hydrogen (secondary N) is 6. The van der Waals surface area contributed by atoms with E-state index in [1.165, 1.54) is 18.2 Å². The van der Waals surface area contributed by atoms with E-state index in [0.717, 1.165) is 0 Å². The highest BCUT2D eigenvalue weighted by Crippen LogP contribution is 2.46. The van der Waals surface area contributed by atoms with Crippen molar-refractivity contribution in [2.45, 2.75) is 470 Å². The Morgan fingerprint density at radius 2 is 0.496 bits per heavy atom. The molecule has 2 atom stereocenters. The van der Waals surface area contributed by atoms with Crippen LogP contribution in [0.3, 0.4) is 0 Å². The third kappa shape index (κ3) is 28.6. The zero-order valence-corrected chi connectivity index (χ0v) is 77.4. The molecule has 24 heteroatoms. The zero-order valence-electron chi connectivity index (χ0n) is 77.4. The Morgan fingerprint density at radius 1 is 0.308 bits per heavy atom. The lowest BCUT2D eigenvalue weighted by Crippen LogP contribution is -2.61. The molecule has 6 heterocycles. The van der Waals surface area contributed by atoms with Crippen molar-refractivity contribution in [2.75, 3.05) is 19.8 Å². The molecule has 2 unspecified atom stereocenters. The summed E-state index contributed by atoms with van der Waals surface area (Å²) in [5.74, 6) is -6.20. The van der Waals surface area contributed by atoms with E-state index < -0.39 is 151 Å². The molecule has 0 aromatic heterocycles. The Bertz CT molecular complexity index is 3230. The normalized spacial score (nSPS) is 23.7. The summed E-state index contributed by atoms with van der Waals surface area (Å²) in [4.78, 5) is 121. The van der Waals surface area contributed by atoms with Gasteiger partial charge in [-0.2, -0.15) is 0 Å². The highest BCUT2D eigenvalue weighted by molar-refractivity contribution is 6.02. The number of ether oxygens (including phenoxy) is 9. The summed E-state index contributed by atoms with van der Waals surface area (Å²) in [6.07, 6.45) is 5.30. The molecular formula is C93H158N6O18. The number of carbonyl (C=O) groups is 8. The maximum absolute atomic E-state index is 15.3. The van der Waals surface area contributed by atoms with Gasteiger partial charge in [-0.25, -0.2) is 14.4 Å². The number of hydrogen-bond acceptors (Lipinski definition) is 24. The van der Waals surface area contributed by atoms with E-state index in [9.17, 15) is 19.5 Å². The van der Waals surface area contributed by atoms with Crippen molar-refractivity contribution in [3.8, 4) is 0 Å². The molecule has 7 rings (SSSR count). The Labute approximate surface area is 703 Å². The standard InChI is InChI=1S/C93H158N6O18/c1-28-31-37-91(73(103)112-64-49-79(4,5)94-80(6,7)50-64,74(104)113-65-51-81(8,9)95-82(10,11)52-65)40-34-43-109-70(100)61-46-62(71(101)110-44-35-41-92(38-32-29-2,75(105)114-66-53-83(12,13)96-84(14,15)54-66)76(106)115-67-55-85(16,17)97-86(18,19)56-67)48-63(47-61)72(102)111-45-36-42-93(39-33-30-3,77(107)116-68-57-87(20,21)98-88(22,23)58-68)78(108)117-69-59-89(24,25)99-90(26,27)60-69/h46-48,64-69,73,94-99,103H,28-45,49-60H2,1-27H3. The molecule has 6 fully saturated rings. The molecule has 7 N–H and O–H groups in total. The lowest BCUT2D eigenvalue weighted by atomic mass is 9.76. The van der Waals surface area contributed by atoms with E-state index in [0.29, 0.717) is 116 Å². The van der Waals surface area contributed by atoms with Gasteiger partial charge in [-0.1, -0.05) is 59.3 Å². The SMILES string of the molecule is CCCCC(CCCOC(=O)c1cc(C(=O)OCCCC(CCCC)(C(=O)OC2CC(C)(C)NC(C)(C)C2)C(=O)OC2CC(C)(C)NC(C)(C)C2)cc(C(=O)OCCCC(CCCC)(C(=O)OC2CC(C)(C)NC(C)(C)C2)C(O)OC2CC(C)(C)NC(C)(C)C2)c1)(C(=O)OC1CC(C)(C)NC(C)(C)C1)C(=O)OC1CC(C)(C)NC(C)(C)C1. The van der Waals surface area contributed by atoms with Crippen LogP contribution in [0.5, 0.6) is 0 Å². The van der Waals surface area contributed by atoms with Crippen LogP contribution in [-0.2, 0) is 66.6 Å². The molecule has 1 aromatic carbocycles. The molecule has 0 aliphatic carbocycles. The third-order valence-electron chi connectivity index (χ3n) is 24.5. The second-order valence-electron chi connectivity index (χ2n) is 44.2. The largest absolute Gasteiger partial charge is 0.462 e. The summed E-state index contributed by atoms with van der Waals surface area (Å²) >= 11 is 0. The van der Waals surface area contributed by atoms with E-state index in [-0.39, 0.29) is 116 Å². The number of aliphatic hydroxyl groups is 1. The van der Waals surface area contributed by atoms with Gasteiger partial charge in [-0.3, -0.25) is 24.0 Å². The van der Waals surface area contributed by atoms with Crippen LogP contribution in [0.2, 0.25) is 0 Å². The molecule has 0 amide bonds. The molecule has 0 saturated carbocycles. The molecule has 6 aliphatic heterocycles. The summed E-state index contributed by atoms with van der Waals surface area (Å²) in [7, 11) is 0. The molecule has 0 radical (unpaired) electrons. The maximum Gasteiger partial charge on any atom is 0.338 e. The van der Waals surface area contributed by atoms with Crippen molar-refractivity contribution in [3.05, 3.63) is 34.9 Å². The lowest BCUT2D eigenvalue weighted by molar-refractivity contribution is -0.232. The number of rotatable bonds is 37. The van der Waals surface area contributed by atoms with Gasteiger partial charge in [0.05, 0.1) is 42.6 Å². The summed E-state index contributed by atoms with van der Waals surface area (Å²) < 4.78 is 57.4. The van der Waals surface area contributed by atoms with Gasteiger partial charge in [0.25, 0.3) is 0 Å². The van der Waals surface area contributed by atoms with Gasteiger partial charge in [0.2, 0.25) is 0 Å². The molecule has 24 nitrogen and oxygen atoms in total. The summed E-state index contributed by atoms with van der Waals surface area (Å²) in [6, 6.07) is 3.76. The molecule has 117 heavy (non-hydrogen) atoms. The van der Waals surface area contributed by atoms with Gasteiger partial charge in [-0.15, -0.1) is 0 Å². The topological polar surface area (TPSA) is 312 Å². The van der Waals surface area contributed by atoms with E-state index in [4.69, 9.17) is 42.6 Å². The van der Waals surface area contributed by atoms with Crippen LogP contribution in [-0.4, -0.2) is 182 Å². The van der Waals surface area contributed by atoms with Gasteiger partial charge >= 0.3 is 47.8 Å². The first-order valence-electron chi connectivity index (χ1n) is 44.4. The predicted octanol–water partition coefficient (Wildman–Crippen LogP) is 15.9. The van der Waals surface area contributed by atoms with Gasteiger partial charge in [-0.05, 0) is 255 Å². The van der Waals surface area contributed by atoms with Gasteiger partial charge in [0.15, 0.2) is 17.1 Å².